The molecule has 0 radical (unpaired) electrons. The van der Waals surface area contributed by atoms with E-state index in [9.17, 15) is 13.2 Å². The zero-order valence-corrected chi connectivity index (χ0v) is 12.5. The Balaban J connectivity index is 2.05. The summed E-state index contributed by atoms with van der Waals surface area (Å²) in [6.45, 7) is 2.17. The van der Waals surface area contributed by atoms with Crippen LogP contribution in [0.4, 0.5) is 0 Å². The van der Waals surface area contributed by atoms with Crippen LogP contribution in [0.5, 0.6) is 0 Å². The molecule has 2 saturated heterocycles. The van der Waals surface area contributed by atoms with Crippen molar-refractivity contribution in [3.8, 4) is 0 Å². The van der Waals surface area contributed by atoms with E-state index in [2.05, 4.69) is 0 Å². The zero-order valence-electron chi connectivity index (χ0n) is 11.7. The molecule has 0 saturated carbocycles. The van der Waals surface area contributed by atoms with Crippen LogP contribution < -0.4 is 0 Å². The van der Waals surface area contributed by atoms with E-state index in [-0.39, 0.29) is 23.8 Å². The number of ether oxygens (including phenoxy) is 1. The summed E-state index contributed by atoms with van der Waals surface area (Å²) < 4.78 is 31.3. The number of rotatable bonds is 3. The van der Waals surface area contributed by atoms with Gasteiger partial charge in [-0.1, -0.05) is 0 Å². The lowest BCUT2D eigenvalue weighted by Crippen LogP contribution is -2.49. The van der Waals surface area contributed by atoms with Crippen LogP contribution in [0.2, 0.25) is 0 Å². The largest absolute Gasteiger partial charge is 0.363 e. The molecule has 2 heterocycles. The van der Waals surface area contributed by atoms with Crippen molar-refractivity contribution in [2.75, 3.05) is 26.4 Å². The van der Waals surface area contributed by atoms with Gasteiger partial charge in [0.25, 0.3) is 5.91 Å². The third kappa shape index (κ3) is 2.78. The minimum atomic E-state index is -3.16. The van der Waals surface area contributed by atoms with E-state index in [1.54, 1.807) is 25.3 Å². The summed E-state index contributed by atoms with van der Waals surface area (Å²) in [7, 11) is 0.253. The van der Waals surface area contributed by atoms with Crippen molar-refractivity contribution in [3.63, 3.8) is 0 Å². The molecule has 0 spiro atoms. The highest BCUT2D eigenvalue weighted by Gasteiger charge is 2.45. The highest BCUT2D eigenvalue weighted by atomic mass is 32.2. The number of carbonyl (C=O) groups excluding carboxylic acids is 1. The van der Waals surface area contributed by atoms with Gasteiger partial charge in [0.15, 0.2) is 0 Å². The van der Waals surface area contributed by atoms with Crippen molar-refractivity contribution in [1.82, 2.24) is 9.21 Å². The molecule has 6 nitrogen and oxygen atoms in total. The van der Waals surface area contributed by atoms with Crippen LogP contribution in [-0.2, 0) is 19.6 Å². The van der Waals surface area contributed by atoms with Crippen LogP contribution in [-0.4, -0.2) is 68.2 Å². The lowest BCUT2D eigenvalue weighted by atomic mass is 9.99. The first-order chi connectivity index (χ1) is 8.86. The van der Waals surface area contributed by atoms with Crippen molar-refractivity contribution in [2.45, 2.75) is 44.4 Å². The predicted molar refractivity (Wildman–Crippen MR) is 71.2 cm³/mol. The van der Waals surface area contributed by atoms with Gasteiger partial charge in [-0.3, -0.25) is 4.79 Å². The van der Waals surface area contributed by atoms with Crippen LogP contribution in [0.1, 0.15) is 26.2 Å². The Morgan fingerprint density at radius 3 is 2.58 bits per heavy atom. The smallest absolute Gasteiger partial charge is 0.251 e. The van der Waals surface area contributed by atoms with Crippen molar-refractivity contribution in [2.24, 2.45) is 0 Å². The van der Waals surface area contributed by atoms with Crippen molar-refractivity contribution in [1.29, 1.82) is 0 Å². The molecule has 1 amide bonds. The molecule has 7 heteroatoms. The number of hydrogen-bond donors (Lipinski definition) is 0. The van der Waals surface area contributed by atoms with Gasteiger partial charge in [0.05, 0.1) is 17.9 Å². The minimum absolute atomic E-state index is 0.0322. The van der Waals surface area contributed by atoms with Gasteiger partial charge in [0.2, 0.25) is 10.0 Å². The Labute approximate surface area is 114 Å². The van der Waals surface area contributed by atoms with E-state index in [1.807, 2.05) is 0 Å². The topological polar surface area (TPSA) is 66.9 Å². The highest BCUT2D eigenvalue weighted by Crippen LogP contribution is 2.33. The number of carbonyl (C=O) groups is 1. The number of nitrogens with zero attached hydrogens (tertiary/aromatic N) is 2. The molecule has 0 unspecified atom stereocenters. The maximum absolute atomic E-state index is 12.0. The van der Waals surface area contributed by atoms with E-state index in [0.29, 0.717) is 25.8 Å². The van der Waals surface area contributed by atoms with Gasteiger partial charge in [-0.25, -0.2) is 8.42 Å². The molecule has 2 fully saturated rings. The molecule has 0 N–H and O–H groups in total. The summed E-state index contributed by atoms with van der Waals surface area (Å²) in [6.07, 6.45) is 1.42. The molecule has 2 aliphatic heterocycles. The van der Waals surface area contributed by atoms with E-state index < -0.39 is 16.1 Å². The fourth-order valence-electron chi connectivity index (χ4n) is 2.87. The lowest BCUT2D eigenvalue weighted by Gasteiger charge is -2.35. The quantitative estimate of drug-likeness (QED) is 0.736. The first-order valence-electron chi connectivity index (χ1n) is 6.73. The second kappa shape index (κ2) is 5.38. The number of likely N-dealkylation sites (N-methyl/N-ethyl adjacent to an activating group) is 1. The van der Waals surface area contributed by atoms with Gasteiger partial charge in [-0.2, -0.15) is 4.31 Å². The first-order valence-corrected chi connectivity index (χ1v) is 8.34. The zero-order chi connectivity index (χ0) is 14.2. The standard InChI is InChI=1S/C12H22N2O4S/c1-4-19(16,17)14-8-7-10-9(14)5-6-11(18-10)12(15)13(2)3/h9-11H,4-8H2,1-3H3/t9-,10-,11-/m0/s1. The Hall–Kier alpha value is -0.660. The van der Waals surface area contributed by atoms with Crippen molar-refractivity contribution >= 4 is 15.9 Å². The fraction of sp³-hybridized carbons (Fsp3) is 0.917. The third-order valence-electron chi connectivity index (χ3n) is 3.94. The van der Waals surface area contributed by atoms with Gasteiger partial charge < -0.3 is 9.64 Å². The molecule has 110 valence electrons. The van der Waals surface area contributed by atoms with Gasteiger partial charge in [0, 0.05) is 20.6 Å². The lowest BCUT2D eigenvalue weighted by molar-refractivity contribution is -0.151. The molecule has 0 aromatic rings. The SMILES string of the molecule is CCS(=O)(=O)N1CC[C@@H]2O[C@H](C(=O)N(C)C)CC[C@@H]21. The van der Waals surface area contributed by atoms with Crippen LogP contribution >= 0.6 is 0 Å². The molecule has 3 atom stereocenters. The summed E-state index contributed by atoms with van der Waals surface area (Å²) in [5.41, 5.74) is 0. The number of hydrogen-bond acceptors (Lipinski definition) is 4. The fourth-order valence-corrected chi connectivity index (χ4v) is 4.24. The Kier molecular flexibility index (Phi) is 4.17. The average molecular weight is 290 g/mol. The van der Waals surface area contributed by atoms with E-state index in [0.717, 1.165) is 0 Å². The van der Waals surface area contributed by atoms with E-state index >= 15 is 0 Å². The molecule has 2 aliphatic rings. The van der Waals surface area contributed by atoms with Crippen LogP contribution in [0.15, 0.2) is 0 Å². The maximum atomic E-state index is 12.0. The summed E-state index contributed by atoms with van der Waals surface area (Å²) in [5.74, 6) is 0.0891. The summed E-state index contributed by atoms with van der Waals surface area (Å²) in [5, 5.41) is 0. The minimum Gasteiger partial charge on any atom is -0.363 e. The van der Waals surface area contributed by atoms with Gasteiger partial charge in [-0.15, -0.1) is 0 Å². The Morgan fingerprint density at radius 2 is 2.00 bits per heavy atom. The summed E-state index contributed by atoms with van der Waals surface area (Å²) in [6, 6.07) is -0.0869. The Morgan fingerprint density at radius 1 is 1.32 bits per heavy atom. The van der Waals surface area contributed by atoms with Crippen molar-refractivity contribution in [3.05, 3.63) is 0 Å². The van der Waals surface area contributed by atoms with E-state index in [4.69, 9.17) is 4.74 Å². The number of sulfonamides is 1. The molecule has 0 aromatic carbocycles. The van der Waals surface area contributed by atoms with E-state index in [1.165, 1.54) is 4.90 Å². The third-order valence-corrected chi connectivity index (χ3v) is 5.83. The predicted octanol–water partition coefficient (Wildman–Crippen LogP) is 0.0462. The van der Waals surface area contributed by atoms with Crippen molar-refractivity contribution < 1.29 is 17.9 Å². The highest BCUT2D eigenvalue weighted by molar-refractivity contribution is 7.89. The number of fused-ring (bicyclic) bond motifs is 1. The molecular formula is C12H22N2O4S. The van der Waals surface area contributed by atoms with Gasteiger partial charge in [0.1, 0.15) is 6.10 Å². The number of amides is 1. The monoisotopic (exact) mass is 290 g/mol. The average Bonchev–Trinajstić information content (AvgIpc) is 2.81. The van der Waals surface area contributed by atoms with Gasteiger partial charge in [-0.05, 0) is 26.2 Å². The second-order valence-corrected chi connectivity index (χ2v) is 7.55. The van der Waals surface area contributed by atoms with Crippen LogP contribution in [0, 0.1) is 0 Å². The molecule has 2 rings (SSSR count). The molecule has 0 aromatic heterocycles. The maximum Gasteiger partial charge on any atom is 0.251 e. The first kappa shape index (κ1) is 14.7. The van der Waals surface area contributed by atoms with Crippen LogP contribution in [0.3, 0.4) is 0 Å². The summed E-state index contributed by atoms with van der Waals surface area (Å²) in [4.78, 5) is 13.4. The molecule has 0 bridgehead atoms. The second-order valence-electron chi connectivity index (χ2n) is 5.34. The van der Waals surface area contributed by atoms with Crippen LogP contribution in [0.25, 0.3) is 0 Å². The molecule has 0 aliphatic carbocycles. The van der Waals surface area contributed by atoms with Gasteiger partial charge >= 0.3 is 0 Å². The molecular weight excluding hydrogens is 268 g/mol. The molecule has 19 heavy (non-hydrogen) atoms. The normalized spacial score (nSPS) is 32.1. The Bertz CT molecular complexity index is 449. The summed E-state index contributed by atoms with van der Waals surface area (Å²) >= 11 is 0.